The topological polar surface area (TPSA) is 93.1 Å². The Bertz CT molecular complexity index is 329. The molecule has 0 bridgehead atoms. The Hall–Kier alpha value is -1.66. The second-order valence-electron chi connectivity index (χ2n) is 3.41. The number of rotatable bonds is 6. The molecule has 0 rings (SSSR count). The molecule has 0 aromatic carbocycles. The third-order valence-electron chi connectivity index (χ3n) is 1.59. The first-order chi connectivity index (χ1) is 7.75. The molecule has 2 N–H and O–H groups in total. The lowest BCUT2D eigenvalue weighted by atomic mass is 10.1. The van der Waals surface area contributed by atoms with Gasteiger partial charge in [-0.1, -0.05) is 13.2 Å². The first-order valence-electron chi connectivity index (χ1n) is 4.88. The van der Waals surface area contributed by atoms with E-state index in [1.54, 1.807) is 0 Å². The number of carbonyl (C=O) groups is 2. The Kier molecular flexibility index (Phi) is 6.16. The lowest BCUT2D eigenvalue weighted by Crippen LogP contribution is -2.21. The second kappa shape index (κ2) is 6.82. The number of carbonyl (C=O) groups excluding carboxylic acids is 2. The van der Waals surface area contributed by atoms with Crippen LogP contribution in [0.1, 0.15) is 13.8 Å². The van der Waals surface area contributed by atoms with Crippen LogP contribution in [0.15, 0.2) is 24.3 Å². The van der Waals surface area contributed by atoms with Gasteiger partial charge in [0.25, 0.3) is 0 Å². The molecule has 2 atom stereocenters. The molecule has 17 heavy (non-hydrogen) atoms. The standard InChI is InChI=1S/C11H16O6/c1-6(12)5-16-10(14)7(2)8(3)11(15)17-9(4)13/h6,9,12-13H,2-3,5H2,1,4H3. The highest BCUT2D eigenvalue weighted by Gasteiger charge is 2.20. The molecule has 0 heterocycles. The number of esters is 2. The number of aliphatic hydroxyl groups is 2. The summed E-state index contributed by atoms with van der Waals surface area (Å²) >= 11 is 0. The zero-order valence-corrected chi connectivity index (χ0v) is 9.80. The molecule has 0 aromatic heterocycles. The van der Waals surface area contributed by atoms with Crippen LogP contribution < -0.4 is 0 Å². The molecule has 6 nitrogen and oxygen atoms in total. The molecule has 0 spiro atoms. The largest absolute Gasteiger partial charge is 0.459 e. The van der Waals surface area contributed by atoms with E-state index in [0.717, 1.165) is 0 Å². The first-order valence-corrected chi connectivity index (χ1v) is 4.88. The Balaban J connectivity index is 4.35. The molecule has 0 aliphatic carbocycles. The maximum Gasteiger partial charge on any atom is 0.340 e. The van der Waals surface area contributed by atoms with Crippen LogP contribution in [0, 0.1) is 0 Å². The monoisotopic (exact) mass is 244 g/mol. The minimum Gasteiger partial charge on any atom is -0.459 e. The van der Waals surface area contributed by atoms with E-state index in [1.165, 1.54) is 13.8 Å². The van der Waals surface area contributed by atoms with Crippen molar-refractivity contribution in [2.24, 2.45) is 0 Å². The van der Waals surface area contributed by atoms with Crippen LogP contribution in [0.3, 0.4) is 0 Å². The van der Waals surface area contributed by atoms with Crippen LogP contribution in [0.2, 0.25) is 0 Å². The number of ether oxygens (including phenoxy) is 2. The summed E-state index contributed by atoms with van der Waals surface area (Å²) in [6.07, 6.45) is -2.12. The van der Waals surface area contributed by atoms with Crippen LogP contribution in [0.5, 0.6) is 0 Å². The number of hydrogen-bond acceptors (Lipinski definition) is 6. The van der Waals surface area contributed by atoms with Gasteiger partial charge in [-0.15, -0.1) is 0 Å². The minimum absolute atomic E-state index is 0.212. The van der Waals surface area contributed by atoms with Crippen LogP contribution in [0.4, 0.5) is 0 Å². The lowest BCUT2D eigenvalue weighted by molar-refractivity contribution is -0.160. The molecule has 0 aliphatic heterocycles. The van der Waals surface area contributed by atoms with Crippen LogP contribution in [0.25, 0.3) is 0 Å². The Labute approximate surface area is 99.1 Å². The third kappa shape index (κ3) is 5.84. The Morgan fingerprint density at radius 3 is 2.00 bits per heavy atom. The summed E-state index contributed by atoms with van der Waals surface area (Å²) in [7, 11) is 0. The highest BCUT2D eigenvalue weighted by Crippen LogP contribution is 2.10. The highest BCUT2D eigenvalue weighted by atomic mass is 16.6. The second-order valence-corrected chi connectivity index (χ2v) is 3.41. The lowest BCUT2D eigenvalue weighted by Gasteiger charge is -2.11. The van der Waals surface area contributed by atoms with Gasteiger partial charge in [0.05, 0.1) is 17.3 Å². The van der Waals surface area contributed by atoms with E-state index in [1.807, 2.05) is 0 Å². The maximum absolute atomic E-state index is 11.3. The summed E-state index contributed by atoms with van der Waals surface area (Å²) in [4.78, 5) is 22.6. The highest BCUT2D eigenvalue weighted by molar-refractivity contribution is 6.06. The van der Waals surface area contributed by atoms with Crippen LogP contribution in [-0.2, 0) is 19.1 Å². The Morgan fingerprint density at radius 2 is 1.59 bits per heavy atom. The molecule has 0 aliphatic rings. The van der Waals surface area contributed by atoms with Gasteiger partial charge in [0.1, 0.15) is 6.61 Å². The van der Waals surface area contributed by atoms with Crippen LogP contribution in [-0.4, -0.2) is 41.2 Å². The summed E-state index contributed by atoms with van der Waals surface area (Å²) in [5.74, 6) is -1.84. The van der Waals surface area contributed by atoms with E-state index in [9.17, 15) is 9.59 Å². The van der Waals surface area contributed by atoms with Crippen molar-refractivity contribution in [1.29, 1.82) is 0 Å². The van der Waals surface area contributed by atoms with E-state index >= 15 is 0 Å². The van der Waals surface area contributed by atoms with Crippen molar-refractivity contribution < 1.29 is 29.3 Å². The van der Waals surface area contributed by atoms with Crippen molar-refractivity contribution in [2.45, 2.75) is 26.2 Å². The van der Waals surface area contributed by atoms with Crippen molar-refractivity contribution in [1.82, 2.24) is 0 Å². The molecular weight excluding hydrogens is 228 g/mol. The van der Waals surface area contributed by atoms with E-state index < -0.39 is 24.3 Å². The van der Waals surface area contributed by atoms with Crippen molar-refractivity contribution >= 4 is 11.9 Å². The third-order valence-corrected chi connectivity index (χ3v) is 1.59. The fourth-order valence-electron chi connectivity index (χ4n) is 0.756. The summed E-state index contributed by atoms with van der Waals surface area (Å²) in [6, 6.07) is 0. The van der Waals surface area contributed by atoms with Crippen molar-refractivity contribution in [3.8, 4) is 0 Å². The smallest absolute Gasteiger partial charge is 0.340 e. The molecule has 0 radical (unpaired) electrons. The summed E-state index contributed by atoms with van der Waals surface area (Å²) in [5.41, 5.74) is -0.585. The van der Waals surface area contributed by atoms with Gasteiger partial charge in [-0.05, 0) is 13.8 Å². The molecule has 6 heteroatoms. The first kappa shape index (κ1) is 15.3. The van der Waals surface area contributed by atoms with E-state index in [4.69, 9.17) is 10.2 Å². The van der Waals surface area contributed by atoms with Gasteiger partial charge in [0.15, 0.2) is 6.29 Å². The fourth-order valence-corrected chi connectivity index (χ4v) is 0.756. The van der Waals surface area contributed by atoms with E-state index in [-0.39, 0.29) is 17.8 Å². The number of hydrogen-bond donors (Lipinski definition) is 2. The molecule has 0 saturated heterocycles. The maximum atomic E-state index is 11.3. The van der Waals surface area contributed by atoms with Gasteiger partial charge in [-0.25, -0.2) is 9.59 Å². The van der Waals surface area contributed by atoms with Crippen molar-refractivity contribution in [2.75, 3.05) is 6.61 Å². The van der Waals surface area contributed by atoms with Gasteiger partial charge >= 0.3 is 11.9 Å². The van der Waals surface area contributed by atoms with Gasteiger partial charge in [0, 0.05) is 0 Å². The molecule has 0 aromatic rings. The minimum atomic E-state index is -1.31. The van der Waals surface area contributed by atoms with Crippen molar-refractivity contribution in [3.63, 3.8) is 0 Å². The van der Waals surface area contributed by atoms with Crippen molar-refractivity contribution in [3.05, 3.63) is 24.3 Å². The summed E-state index contributed by atoms with van der Waals surface area (Å²) in [6.45, 7) is 9.09. The predicted octanol–water partition coefficient (Wildman–Crippen LogP) is -0.0957. The summed E-state index contributed by atoms with van der Waals surface area (Å²) < 4.78 is 9.03. The molecule has 2 unspecified atom stereocenters. The van der Waals surface area contributed by atoms with Gasteiger partial charge in [0.2, 0.25) is 0 Å². The van der Waals surface area contributed by atoms with Crippen LogP contribution >= 0.6 is 0 Å². The average Bonchev–Trinajstić information content (AvgIpc) is 2.22. The molecular formula is C11H16O6. The van der Waals surface area contributed by atoms with Gasteiger partial charge in [-0.2, -0.15) is 0 Å². The Morgan fingerprint density at radius 1 is 1.12 bits per heavy atom. The summed E-state index contributed by atoms with van der Waals surface area (Å²) in [5, 5.41) is 17.7. The zero-order chi connectivity index (χ0) is 13.6. The molecule has 96 valence electrons. The zero-order valence-electron chi connectivity index (χ0n) is 9.80. The number of aliphatic hydroxyl groups excluding tert-OH is 2. The molecule has 0 fully saturated rings. The normalized spacial score (nSPS) is 13.4. The van der Waals surface area contributed by atoms with Gasteiger partial charge in [-0.3, -0.25) is 0 Å². The SMILES string of the molecule is C=C(C(=C)C(=O)OC(C)O)C(=O)OCC(C)O. The molecule has 0 amide bonds. The van der Waals surface area contributed by atoms with Gasteiger partial charge < -0.3 is 19.7 Å². The van der Waals surface area contributed by atoms with E-state index in [0.29, 0.717) is 0 Å². The fraction of sp³-hybridized carbons (Fsp3) is 0.455. The predicted molar refractivity (Wildman–Crippen MR) is 58.7 cm³/mol. The van der Waals surface area contributed by atoms with E-state index in [2.05, 4.69) is 22.6 Å². The average molecular weight is 244 g/mol. The quantitative estimate of drug-likeness (QED) is 0.293. The molecule has 0 saturated carbocycles.